The van der Waals surface area contributed by atoms with E-state index in [4.69, 9.17) is 0 Å². The minimum Gasteiger partial charge on any atom is -0.260 e. The highest BCUT2D eigenvalue weighted by atomic mass is 15.3. The lowest BCUT2D eigenvalue weighted by Gasteiger charge is -1.98. The highest BCUT2D eigenvalue weighted by Gasteiger charge is 2.07. The van der Waals surface area contributed by atoms with Crippen LogP contribution in [-0.2, 0) is 0 Å². The molecule has 0 aliphatic heterocycles. The summed E-state index contributed by atoms with van der Waals surface area (Å²) in [6, 6.07) is 3.69. The molecule has 0 radical (unpaired) electrons. The number of aromatic nitrogens is 2. The van der Waals surface area contributed by atoms with Gasteiger partial charge in [-0.2, -0.15) is 10.2 Å². The minimum absolute atomic E-state index is 0.710. The molecule has 0 bridgehead atoms. The Balaban J connectivity index is 1.95. The molecule has 68 valence electrons. The van der Waals surface area contributed by atoms with Gasteiger partial charge in [-0.3, -0.25) is 5.43 Å². The van der Waals surface area contributed by atoms with Gasteiger partial charge in [0.2, 0.25) is 0 Å². The number of anilines is 1. The van der Waals surface area contributed by atoms with Crippen LogP contribution >= 0.6 is 0 Å². The minimum atomic E-state index is 0.710. The second-order valence-electron chi connectivity index (χ2n) is 3.11. The molecule has 2 rings (SSSR count). The molecule has 13 heavy (non-hydrogen) atoms. The van der Waals surface area contributed by atoms with Gasteiger partial charge in [0.15, 0.2) is 5.82 Å². The molecule has 0 atom stereocenters. The van der Waals surface area contributed by atoms with Crippen molar-refractivity contribution in [2.75, 3.05) is 5.43 Å². The van der Waals surface area contributed by atoms with E-state index >= 15 is 0 Å². The van der Waals surface area contributed by atoms with Gasteiger partial charge in [-0.05, 0) is 37.8 Å². The first-order valence-corrected chi connectivity index (χ1v) is 4.54. The Bertz CT molecular complexity index is 286. The number of hydrazone groups is 1. The van der Waals surface area contributed by atoms with Gasteiger partial charge in [0, 0.05) is 11.9 Å². The van der Waals surface area contributed by atoms with Gasteiger partial charge in [-0.25, -0.2) is 0 Å². The van der Waals surface area contributed by atoms with E-state index in [-0.39, 0.29) is 0 Å². The monoisotopic (exact) mass is 176 g/mol. The molecule has 1 aliphatic rings. The molecule has 0 saturated heterocycles. The molecule has 1 fully saturated rings. The lowest BCUT2D eigenvalue weighted by molar-refractivity contribution is 0.886. The number of rotatable bonds is 2. The fourth-order valence-electron chi connectivity index (χ4n) is 1.39. The van der Waals surface area contributed by atoms with Crippen molar-refractivity contribution in [2.24, 2.45) is 5.10 Å². The van der Waals surface area contributed by atoms with Crippen LogP contribution in [0, 0.1) is 0 Å². The van der Waals surface area contributed by atoms with Crippen molar-refractivity contribution in [3.8, 4) is 0 Å². The summed E-state index contributed by atoms with van der Waals surface area (Å²) in [4.78, 5) is 0. The van der Waals surface area contributed by atoms with Crippen molar-refractivity contribution in [1.82, 2.24) is 10.2 Å². The molecule has 0 aromatic carbocycles. The van der Waals surface area contributed by atoms with Gasteiger partial charge < -0.3 is 0 Å². The Morgan fingerprint density at radius 3 is 2.85 bits per heavy atom. The second-order valence-corrected chi connectivity index (χ2v) is 3.11. The highest BCUT2D eigenvalue weighted by Crippen LogP contribution is 2.14. The first-order valence-electron chi connectivity index (χ1n) is 4.54. The molecule has 1 aliphatic carbocycles. The van der Waals surface area contributed by atoms with Crippen molar-refractivity contribution in [3.63, 3.8) is 0 Å². The molecule has 1 heterocycles. The molecule has 1 N–H and O–H groups in total. The zero-order chi connectivity index (χ0) is 8.93. The van der Waals surface area contributed by atoms with Crippen LogP contribution in [-0.4, -0.2) is 15.9 Å². The standard InChI is InChI=1S/C9H12N4/c1-2-5-8(4-1)11-13-9-6-3-7-10-12-9/h3,6-7H,1-2,4-5H2,(H,12,13). The van der Waals surface area contributed by atoms with E-state index in [0.29, 0.717) is 5.82 Å². The summed E-state index contributed by atoms with van der Waals surface area (Å²) >= 11 is 0. The summed E-state index contributed by atoms with van der Waals surface area (Å²) in [6.45, 7) is 0. The van der Waals surface area contributed by atoms with Crippen LogP contribution in [0.25, 0.3) is 0 Å². The summed E-state index contributed by atoms with van der Waals surface area (Å²) in [5.41, 5.74) is 4.14. The third-order valence-corrected chi connectivity index (χ3v) is 2.08. The van der Waals surface area contributed by atoms with E-state index in [1.807, 2.05) is 12.1 Å². The Hall–Kier alpha value is -1.45. The van der Waals surface area contributed by atoms with Crippen LogP contribution in [0.15, 0.2) is 23.4 Å². The molecule has 4 nitrogen and oxygen atoms in total. The van der Waals surface area contributed by atoms with Crippen LogP contribution in [0.1, 0.15) is 25.7 Å². The van der Waals surface area contributed by atoms with Crippen molar-refractivity contribution in [1.29, 1.82) is 0 Å². The van der Waals surface area contributed by atoms with E-state index in [2.05, 4.69) is 20.7 Å². The van der Waals surface area contributed by atoms with Gasteiger partial charge in [0.05, 0.1) is 0 Å². The summed E-state index contributed by atoms with van der Waals surface area (Å²) < 4.78 is 0. The second kappa shape index (κ2) is 3.98. The summed E-state index contributed by atoms with van der Waals surface area (Å²) in [7, 11) is 0. The molecule has 0 spiro atoms. The molecule has 1 aromatic heterocycles. The topological polar surface area (TPSA) is 50.2 Å². The highest BCUT2D eigenvalue weighted by molar-refractivity contribution is 5.86. The zero-order valence-corrected chi connectivity index (χ0v) is 7.40. The van der Waals surface area contributed by atoms with Gasteiger partial charge >= 0.3 is 0 Å². The molecular formula is C9H12N4. The molecular weight excluding hydrogens is 164 g/mol. The van der Waals surface area contributed by atoms with E-state index in [0.717, 1.165) is 12.8 Å². The molecule has 0 unspecified atom stereocenters. The number of nitrogens with zero attached hydrogens (tertiary/aromatic N) is 3. The Labute approximate surface area is 77.1 Å². The van der Waals surface area contributed by atoms with E-state index < -0.39 is 0 Å². The Kier molecular flexibility index (Phi) is 2.50. The maximum absolute atomic E-state index is 4.26. The van der Waals surface area contributed by atoms with Crippen molar-refractivity contribution >= 4 is 11.5 Å². The summed E-state index contributed by atoms with van der Waals surface area (Å²) in [5, 5.41) is 11.9. The first kappa shape index (κ1) is 8.16. The van der Waals surface area contributed by atoms with Crippen LogP contribution in [0.5, 0.6) is 0 Å². The largest absolute Gasteiger partial charge is 0.260 e. The lowest BCUT2D eigenvalue weighted by atomic mass is 10.3. The van der Waals surface area contributed by atoms with Crippen molar-refractivity contribution in [2.45, 2.75) is 25.7 Å². The maximum Gasteiger partial charge on any atom is 0.168 e. The van der Waals surface area contributed by atoms with Gasteiger partial charge in [0.1, 0.15) is 0 Å². The quantitative estimate of drug-likeness (QED) is 0.699. The number of hydrogen-bond acceptors (Lipinski definition) is 4. The average molecular weight is 176 g/mol. The van der Waals surface area contributed by atoms with Crippen LogP contribution in [0.2, 0.25) is 0 Å². The number of hydrogen-bond donors (Lipinski definition) is 1. The first-order chi connectivity index (χ1) is 6.45. The fourth-order valence-corrected chi connectivity index (χ4v) is 1.39. The maximum atomic E-state index is 4.26. The summed E-state index contributed by atoms with van der Waals surface area (Å²) in [6.07, 6.45) is 6.41. The predicted molar refractivity (Wildman–Crippen MR) is 51.6 cm³/mol. The zero-order valence-electron chi connectivity index (χ0n) is 7.40. The van der Waals surface area contributed by atoms with Crippen molar-refractivity contribution < 1.29 is 0 Å². The van der Waals surface area contributed by atoms with Gasteiger partial charge in [-0.1, -0.05) is 0 Å². The van der Waals surface area contributed by atoms with Crippen LogP contribution < -0.4 is 5.43 Å². The third kappa shape index (κ3) is 2.24. The number of nitrogens with one attached hydrogen (secondary N) is 1. The lowest BCUT2D eigenvalue weighted by Crippen LogP contribution is -1.98. The van der Waals surface area contributed by atoms with Crippen molar-refractivity contribution in [3.05, 3.63) is 18.3 Å². The normalized spacial score (nSPS) is 15.8. The Morgan fingerprint density at radius 2 is 2.15 bits per heavy atom. The van der Waals surface area contributed by atoms with E-state index in [1.54, 1.807) is 6.20 Å². The fraction of sp³-hybridized carbons (Fsp3) is 0.444. The SMILES string of the molecule is c1cnnc(NN=C2CCCC2)c1. The predicted octanol–water partition coefficient (Wildman–Crippen LogP) is 1.82. The molecule has 1 saturated carbocycles. The molecule has 0 amide bonds. The van der Waals surface area contributed by atoms with E-state index in [9.17, 15) is 0 Å². The van der Waals surface area contributed by atoms with Crippen LogP contribution in [0.4, 0.5) is 5.82 Å². The molecule has 4 heteroatoms. The third-order valence-electron chi connectivity index (χ3n) is 2.08. The molecule has 1 aromatic rings. The average Bonchev–Trinajstić information content (AvgIpc) is 2.69. The van der Waals surface area contributed by atoms with Crippen LogP contribution in [0.3, 0.4) is 0 Å². The van der Waals surface area contributed by atoms with Gasteiger partial charge in [-0.15, -0.1) is 5.10 Å². The van der Waals surface area contributed by atoms with Gasteiger partial charge in [0.25, 0.3) is 0 Å². The summed E-state index contributed by atoms with van der Waals surface area (Å²) in [5.74, 6) is 0.710. The Morgan fingerprint density at radius 1 is 1.31 bits per heavy atom. The smallest absolute Gasteiger partial charge is 0.168 e. The van der Waals surface area contributed by atoms with E-state index in [1.165, 1.54) is 18.6 Å².